The number of nitrogens with one attached hydrogen (secondary N) is 1. The summed E-state index contributed by atoms with van der Waals surface area (Å²) in [7, 11) is 1.31. The fourth-order valence-electron chi connectivity index (χ4n) is 2.67. The van der Waals surface area contributed by atoms with Crippen molar-refractivity contribution in [3.63, 3.8) is 0 Å². The lowest BCUT2D eigenvalue weighted by molar-refractivity contribution is -0.145. The van der Waals surface area contributed by atoms with E-state index in [9.17, 15) is 9.59 Å². The molecule has 1 aromatic carbocycles. The minimum atomic E-state index is -0.674. The molecule has 0 aliphatic carbocycles. The van der Waals surface area contributed by atoms with Gasteiger partial charge in [-0.15, -0.1) is 0 Å². The molecule has 0 spiro atoms. The van der Waals surface area contributed by atoms with Gasteiger partial charge in [0, 0.05) is 19.0 Å². The maximum Gasteiger partial charge on any atom is 0.411 e. The fraction of sp³-hybridized carbons (Fsp3) is 0.529. The van der Waals surface area contributed by atoms with Crippen LogP contribution in [0.5, 0.6) is 0 Å². The number of hydrogen-bond donors (Lipinski definition) is 2. The van der Waals surface area contributed by atoms with Crippen LogP contribution in [0, 0.1) is 0 Å². The third-order valence-corrected chi connectivity index (χ3v) is 3.72. The molecule has 0 aromatic heterocycles. The summed E-state index contributed by atoms with van der Waals surface area (Å²) in [6.45, 7) is 5.70. The highest BCUT2D eigenvalue weighted by atomic mass is 16.6. The Morgan fingerprint density at radius 1 is 1.29 bits per heavy atom. The maximum absolute atomic E-state index is 12.4. The average molecular weight is 335 g/mol. The largest absolute Gasteiger partial charge is 0.467 e. The number of esters is 1. The van der Waals surface area contributed by atoms with Gasteiger partial charge in [0.2, 0.25) is 0 Å². The molecule has 1 fully saturated rings. The molecule has 1 amide bonds. The molecule has 24 heavy (non-hydrogen) atoms. The van der Waals surface area contributed by atoms with Gasteiger partial charge in [-0.1, -0.05) is 12.1 Å². The Hall–Kier alpha value is -2.44. The smallest absolute Gasteiger partial charge is 0.411 e. The molecule has 0 unspecified atom stereocenters. The van der Waals surface area contributed by atoms with Gasteiger partial charge in [-0.3, -0.25) is 4.90 Å². The molecule has 1 heterocycles. The molecule has 0 radical (unpaired) electrons. The van der Waals surface area contributed by atoms with E-state index in [-0.39, 0.29) is 6.04 Å². The van der Waals surface area contributed by atoms with Crippen LogP contribution in [0.2, 0.25) is 0 Å². The SMILES string of the molecule is COC(=O)[C@@H]1C[C@@H](Nc2ccccc2N)CN1C(=O)OC(C)(C)C. The van der Waals surface area contributed by atoms with Gasteiger partial charge < -0.3 is 20.5 Å². The van der Waals surface area contributed by atoms with Crippen molar-refractivity contribution in [2.24, 2.45) is 0 Å². The number of nitrogens with two attached hydrogens (primary N) is 1. The first-order chi connectivity index (χ1) is 11.2. The second-order valence-corrected chi connectivity index (χ2v) is 6.84. The standard InChI is InChI=1S/C17H25N3O4/c1-17(2,3)24-16(22)20-10-11(9-14(20)15(21)23-4)19-13-8-6-5-7-12(13)18/h5-8,11,14,19H,9-10,18H2,1-4H3/t11-,14+/m1/s1. The number of para-hydroxylation sites is 2. The number of carbonyl (C=O) groups is 2. The van der Waals surface area contributed by atoms with Crippen molar-refractivity contribution < 1.29 is 19.1 Å². The van der Waals surface area contributed by atoms with E-state index < -0.39 is 23.7 Å². The molecule has 7 nitrogen and oxygen atoms in total. The van der Waals surface area contributed by atoms with Crippen molar-refractivity contribution >= 4 is 23.4 Å². The van der Waals surface area contributed by atoms with Crippen LogP contribution < -0.4 is 11.1 Å². The van der Waals surface area contributed by atoms with Crippen LogP contribution in [0.1, 0.15) is 27.2 Å². The predicted molar refractivity (Wildman–Crippen MR) is 91.6 cm³/mol. The molecule has 1 saturated heterocycles. The molecule has 1 aliphatic heterocycles. The molecular formula is C17H25N3O4. The minimum Gasteiger partial charge on any atom is -0.467 e. The molecule has 1 aliphatic rings. The Balaban J connectivity index is 2.13. The second-order valence-electron chi connectivity index (χ2n) is 6.84. The van der Waals surface area contributed by atoms with Gasteiger partial charge in [0.05, 0.1) is 18.5 Å². The lowest BCUT2D eigenvalue weighted by atomic mass is 10.1. The first kappa shape index (κ1) is 17.9. The molecule has 7 heteroatoms. The molecule has 132 valence electrons. The van der Waals surface area contributed by atoms with Gasteiger partial charge in [0.1, 0.15) is 11.6 Å². The van der Waals surface area contributed by atoms with Gasteiger partial charge in [-0.2, -0.15) is 0 Å². The van der Waals surface area contributed by atoms with Crippen molar-refractivity contribution in [3.05, 3.63) is 24.3 Å². The zero-order valence-corrected chi connectivity index (χ0v) is 14.5. The number of methoxy groups -OCH3 is 1. The van der Waals surface area contributed by atoms with Gasteiger partial charge in [-0.25, -0.2) is 9.59 Å². The molecule has 0 saturated carbocycles. The lowest BCUT2D eigenvalue weighted by Crippen LogP contribution is -2.44. The number of benzene rings is 1. The highest BCUT2D eigenvalue weighted by Gasteiger charge is 2.42. The zero-order valence-electron chi connectivity index (χ0n) is 14.5. The van der Waals surface area contributed by atoms with Crippen LogP contribution in [-0.4, -0.2) is 48.3 Å². The van der Waals surface area contributed by atoms with Gasteiger partial charge >= 0.3 is 12.1 Å². The number of hydrogen-bond acceptors (Lipinski definition) is 6. The van der Waals surface area contributed by atoms with Crippen LogP contribution in [0.3, 0.4) is 0 Å². The van der Waals surface area contributed by atoms with Gasteiger partial charge in [0.15, 0.2) is 0 Å². The summed E-state index contributed by atoms with van der Waals surface area (Å²) < 4.78 is 10.2. The molecule has 3 N–H and O–H groups in total. The highest BCUT2D eigenvalue weighted by molar-refractivity contribution is 5.82. The van der Waals surface area contributed by atoms with Crippen molar-refractivity contribution in [2.45, 2.75) is 44.9 Å². The summed E-state index contributed by atoms with van der Waals surface area (Å²) in [5.41, 5.74) is 6.69. The van der Waals surface area contributed by atoms with Crippen molar-refractivity contribution in [3.8, 4) is 0 Å². The lowest BCUT2D eigenvalue weighted by Gasteiger charge is -2.27. The minimum absolute atomic E-state index is 0.119. The van der Waals surface area contributed by atoms with E-state index in [4.69, 9.17) is 15.2 Å². The maximum atomic E-state index is 12.4. The van der Waals surface area contributed by atoms with E-state index in [1.54, 1.807) is 26.8 Å². The Labute approximate surface area is 142 Å². The third kappa shape index (κ3) is 4.31. The Morgan fingerprint density at radius 3 is 2.54 bits per heavy atom. The van der Waals surface area contributed by atoms with Gasteiger partial charge in [0.25, 0.3) is 0 Å². The summed E-state index contributed by atoms with van der Waals surface area (Å²) in [4.78, 5) is 25.8. The number of carbonyl (C=O) groups excluding carboxylic acids is 2. The third-order valence-electron chi connectivity index (χ3n) is 3.72. The summed E-state index contributed by atoms with van der Waals surface area (Å²) in [6.07, 6.45) is -0.0940. The molecular weight excluding hydrogens is 310 g/mol. The van der Waals surface area contributed by atoms with Crippen LogP contribution >= 0.6 is 0 Å². The summed E-state index contributed by atoms with van der Waals surface area (Å²) in [5, 5.41) is 3.28. The normalized spacial score (nSPS) is 20.6. The summed E-state index contributed by atoms with van der Waals surface area (Å²) in [6, 6.07) is 6.58. The van der Waals surface area contributed by atoms with Gasteiger partial charge in [-0.05, 0) is 32.9 Å². The number of likely N-dealkylation sites (tertiary alicyclic amines) is 1. The number of nitrogen functional groups attached to an aromatic ring is 1. The number of nitrogens with zero attached hydrogens (tertiary/aromatic N) is 1. The monoisotopic (exact) mass is 335 g/mol. The Kier molecular flexibility index (Phi) is 5.21. The summed E-state index contributed by atoms with van der Waals surface area (Å²) >= 11 is 0. The summed E-state index contributed by atoms with van der Waals surface area (Å²) in [5.74, 6) is -0.453. The fourth-order valence-corrected chi connectivity index (χ4v) is 2.67. The number of anilines is 2. The van der Waals surface area contributed by atoms with E-state index in [0.717, 1.165) is 5.69 Å². The van der Waals surface area contributed by atoms with Crippen LogP contribution in [0.25, 0.3) is 0 Å². The molecule has 1 aromatic rings. The highest BCUT2D eigenvalue weighted by Crippen LogP contribution is 2.26. The number of amides is 1. The van der Waals surface area contributed by atoms with E-state index in [2.05, 4.69) is 5.32 Å². The predicted octanol–water partition coefficient (Wildman–Crippen LogP) is 2.23. The van der Waals surface area contributed by atoms with E-state index in [0.29, 0.717) is 18.7 Å². The molecule has 2 rings (SSSR count). The van der Waals surface area contributed by atoms with Crippen LogP contribution in [-0.2, 0) is 14.3 Å². The zero-order chi connectivity index (χ0) is 17.9. The first-order valence-electron chi connectivity index (χ1n) is 7.90. The Bertz CT molecular complexity index is 612. The van der Waals surface area contributed by atoms with Crippen LogP contribution in [0.4, 0.5) is 16.2 Å². The number of ether oxygens (including phenoxy) is 2. The Morgan fingerprint density at radius 2 is 1.96 bits per heavy atom. The van der Waals surface area contributed by atoms with Crippen LogP contribution in [0.15, 0.2) is 24.3 Å². The van der Waals surface area contributed by atoms with Crippen molar-refractivity contribution in [1.29, 1.82) is 0 Å². The average Bonchev–Trinajstić information content (AvgIpc) is 2.91. The van der Waals surface area contributed by atoms with E-state index >= 15 is 0 Å². The molecule has 2 atom stereocenters. The first-order valence-corrected chi connectivity index (χ1v) is 7.90. The second kappa shape index (κ2) is 6.98. The topological polar surface area (TPSA) is 93.9 Å². The van der Waals surface area contributed by atoms with Crippen molar-refractivity contribution in [1.82, 2.24) is 4.90 Å². The number of rotatable bonds is 3. The van der Waals surface area contributed by atoms with Crippen molar-refractivity contribution in [2.75, 3.05) is 24.7 Å². The quantitative estimate of drug-likeness (QED) is 0.650. The molecule has 0 bridgehead atoms. The van der Waals surface area contributed by atoms with E-state index in [1.165, 1.54) is 12.0 Å². The van der Waals surface area contributed by atoms with E-state index in [1.807, 2.05) is 18.2 Å².